The fourth-order valence-corrected chi connectivity index (χ4v) is 4.75. The van der Waals surface area contributed by atoms with Gasteiger partial charge in [-0.3, -0.25) is 0 Å². The van der Waals surface area contributed by atoms with E-state index in [-0.39, 0.29) is 11.5 Å². The normalized spacial score (nSPS) is 12.6. The molecule has 178 valence electrons. The molecule has 0 fully saturated rings. The van der Waals surface area contributed by atoms with Gasteiger partial charge in [-0.05, 0) is 37.3 Å². The summed E-state index contributed by atoms with van der Waals surface area (Å²) in [5, 5.41) is 1.28. The van der Waals surface area contributed by atoms with E-state index in [2.05, 4.69) is 9.97 Å². The summed E-state index contributed by atoms with van der Waals surface area (Å²) in [5.74, 6) is 1.10. The molecule has 1 N–H and O–H groups in total. The van der Waals surface area contributed by atoms with Gasteiger partial charge < -0.3 is 19.2 Å². The highest BCUT2D eigenvalue weighted by Gasteiger charge is 2.24. The van der Waals surface area contributed by atoms with Crippen molar-refractivity contribution >= 4 is 32.5 Å². The first-order valence-electron chi connectivity index (χ1n) is 10.6. The van der Waals surface area contributed by atoms with Gasteiger partial charge in [-0.1, -0.05) is 29.8 Å². The first-order valence-corrected chi connectivity index (χ1v) is 12.9. The Hall–Kier alpha value is -3.07. The number of halogens is 1. The van der Waals surface area contributed by atoms with Crippen LogP contribution >= 0.6 is 11.6 Å². The fraction of sp³-hybridized carbons (Fsp3) is 0.240. The highest BCUT2D eigenvalue weighted by Crippen LogP contribution is 2.41. The molecule has 4 aromatic rings. The number of sulfone groups is 1. The topological polar surface area (TPSA) is 90.5 Å². The summed E-state index contributed by atoms with van der Waals surface area (Å²) in [6.07, 6.45) is 4.35. The van der Waals surface area contributed by atoms with Crippen LogP contribution < -0.4 is 9.47 Å². The van der Waals surface area contributed by atoms with Crippen LogP contribution in [0.15, 0.2) is 65.8 Å². The predicted octanol–water partition coefficient (Wildman–Crippen LogP) is 5.33. The number of methoxy groups -OCH3 is 1. The molecule has 0 bridgehead atoms. The summed E-state index contributed by atoms with van der Waals surface area (Å²) in [7, 11) is -1.70. The molecule has 0 aliphatic carbocycles. The fourth-order valence-electron chi connectivity index (χ4n) is 3.80. The summed E-state index contributed by atoms with van der Waals surface area (Å²) in [6.45, 7) is 2.48. The Morgan fingerprint density at radius 2 is 1.91 bits per heavy atom. The van der Waals surface area contributed by atoms with E-state index in [1.807, 2.05) is 43.5 Å². The van der Waals surface area contributed by atoms with Gasteiger partial charge in [0.25, 0.3) is 0 Å². The van der Waals surface area contributed by atoms with Crippen LogP contribution in [0.4, 0.5) is 0 Å². The summed E-state index contributed by atoms with van der Waals surface area (Å²) >= 11 is 6.32. The zero-order chi connectivity index (χ0) is 24.3. The summed E-state index contributed by atoms with van der Waals surface area (Å²) < 4.78 is 41.5. The van der Waals surface area contributed by atoms with Crippen molar-refractivity contribution in [3.63, 3.8) is 0 Å². The molecule has 0 amide bonds. The maximum atomic E-state index is 11.8. The Morgan fingerprint density at radius 3 is 2.62 bits per heavy atom. The van der Waals surface area contributed by atoms with E-state index in [0.717, 1.165) is 28.4 Å². The van der Waals surface area contributed by atoms with E-state index < -0.39 is 15.9 Å². The number of para-hydroxylation sites is 1. The molecular weight excluding hydrogens is 476 g/mol. The third kappa shape index (κ3) is 4.89. The van der Waals surface area contributed by atoms with Crippen molar-refractivity contribution in [1.29, 1.82) is 0 Å². The minimum Gasteiger partial charge on any atom is -0.490 e. The van der Waals surface area contributed by atoms with Crippen LogP contribution in [0.5, 0.6) is 11.5 Å². The Labute approximate surface area is 203 Å². The Bertz CT molecular complexity index is 1420. The molecular formula is C25H25ClN2O5S. The van der Waals surface area contributed by atoms with Gasteiger partial charge >= 0.3 is 0 Å². The standard InChI is InChI=1S/C25H25ClN2O5S/c1-4-32-24-19(23(31-2)20-14-28-25-18(20)8-6-12-27-25)7-5-9-22(24)33-15-16-10-11-17(13-21(16)26)34(3,29)30/h5-14,23H,4,15H2,1-3H3,(H,27,28). The first-order chi connectivity index (χ1) is 16.3. The third-order valence-corrected chi connectivity index (χ3v) is 6.88. The van der Waals surface area contributed by atoms with Crippen molar-refractivity contribution in [3.05, 3.63) is 82.6 Å². The molecule has 0 saturated heterocycles. The lowest BCUT2D eigenvalue weighted by atomic mass is 10.00. The van der Waals surface area contributed by atoms with Crippen LogP contribution in [0.25, 0.3) is 11.0 Å². The number of ether oxygens (including phenoxy) is 3. The summed E-state index contributed by atoms with van der Waals surface area (Å²) in [5.41, 5.74) is 3.18. The summed E-state index contributed by atoms with van der Waals surface area (Å²) in [6, 6.07) is 14.1. The number of pyridine rings is 1. The van der Waals surface area contributed by atoms with E-state index in [1.165, 1.54) is 12.1 Å². The molecule has 1 unspecified atom stereocenters. The Balaban J connectivity index is 1.67. The van der Waals surface area contributed by atoms with Crippen molar-refractivity contribution in [2.45, 2.75) is 24.5 Å². The molecule has 7 nitrogen and oxygen atoms in total. The van der Waals surface area contributed by atoms with E-state index in [1.54, 1.807) is 19.4 Å². The van der Waals surface area contributed by atoms with E-state index in [0.29, 0.717) is 28.7 Å². The second-order valence-corrected chi connectivity index (χ2v) is 10.1. The lowest BCUT2D eigenvalue weighted by Crippen LogP contribution is -2.08. The molecule has 0 aliphatic rings. The van der Waals surface area contributed by atoms with Crippen LogP contribution in [-0.2, 0) is 21.2 Å². The van der Waals surface area contributed by atoms with Gasteiger partial charge in [-0.15, -0.1) is 0 Å². The molecule has 34 heavy (non-hydrogen) atoms. The monoisotopic (exact) mass is 500 g/mol. The average molecular weight is 501 g/mol. The van der Waals surface area contributed by atoms with Crippen molar-refractivity contribution in [2.24, 2.45) is 0 Å². The number of hydrogen-bond acceptors (Lipinski definition) is 6. The average Bonchev–Trinajstić information content (AvgIpc) is 3.24. The van der Waals surface area contributed by atoms with E-state index >= 15 is 0 Å². The van der Waals surface area contributed by atoms with Crippen molar-refractivity contribution < 1.29 is 22.6 Å². The molecule has 2 heterocycles. The largest absolute Gasteiger partial charge is 0.490 e. The van der Waals surface area contributed by atoms with Crippen molar-refractivity contribution in [2.75, 3.05) is 20.0 Å². The molecule has 2 aromatic carbocycles. The smallest absolute Gasteiger partial charge is 0.175 e. The SMILES string of the molecule is CCOc1c(OCc2ccc(S(C)(=O)=O)cc2Cl)cccc1C(OC)c1c[nH]c2ncccc12. The number of nitrogens with zero attached hydrogens (tertiary/aromatic N) is 1. The van der Waals surface area contributed by atoms with E-state index in [4.69, 9.17) is 25.8 Å². The van der Waals surface area contributed by atoms with Crippen molar-refractivity contribution in [3.8, 4) is 11.5 Å². The molecule has 0 spiro atoms. The molecule has 4 rings (SSSR count). The van der Waals surface area contributed by atoms with Crippen LogP contribution in [-0.4, -0.2) is 38.4 Å². The van der Waals surface area contributed by atoms with Crippen LogP contribution in [0.3, 0.4) is 0 Å². The highest BCUT2D eigenvalue weighted by atomic mass is 35.5. The van der Waals surface area contributed by atoms with E-state index in [9.17, 15) is 8.42 Å². The molecule has 0 aliphatic heterocycles. The molecule has 0 saturated carbocycles. The van der Waals surface area contributed by atoms with Crippen LogP contribution in [0.1, 0.15) is 29.7 Å². The lowest BCUT2D eigenvalue weighted by Gasteiger charge is -2.21. The third-order valence-electron chi connectivity index (χ3n) is 5.42. The number of hydrogen-bond donors (Lipinski definition) is 1. The van der Waals surface area contributed by atoms with Gasteiger partial charge in [-0.25, -0.2) is 13.4 Å². The lowest BCUT2D eigenvalue weighted by molar-refractivity contribution is 0.133. The molecule has 0 radical (unpaired) electrons. The second-order valence-electron chi connectivity index (χ2n) is 7.68. The first kappa shape index (κ1) is 24.1. The quantitative estimate of drug-likeness (QED) is 0.334. The van der Waals surface area contributed by atoms with Gasteiger partial charge in [-0.2, -0.15) is 0 Å². The number of rotatable bonds is 9. The van der Waals surface area contributed by atoms with Crippen molar-refractivity contribution in [1.82, 2.24) is 9.97 Å². The second kappa shape index (κ2) is 10.0. The number of aromatic amines is 1. The maximum absolute atomic E-state index is 11.8. The maximum Gasteiger partial charge on any atom is 0.175 e. The van der Waals surface area contributed by atoms with Gasteiger partial charge in [0.2, 0.25) is 0 Å². The number of H-pyrrole nitrogens is 1. The van der Waals surface area contributed by atoms with Crippen LogP contribution in [0, 0.1) is 0 Å². The molecule has 1 atom stereocenters. The van der Waals surface area contributed by atoms with Crippen LogP contribution in [0.2, 0.25) is 5.02 Å². The predicted molar refractivity (Wildman–Crippen MR) is 131 cm³/mol. The van der Waals surface area contributed by atoms with Gasteiger partial charge in [0.05, 0.1) is 11.5 Å². The van der Waals surface area contributed by atoms with Gasteiger partial charge in [0.15, 0.2) is 21.3 Å². The van der Waals surface area contributed by atoms with Gasteiger partial charge in [0.1, 0.15) is 18.4 Å². The minimum atomic E-state index is -3.34. The number of benzene rings is 2. The summed E-state index contributed by atoms with van der Waals surface area (Å²) in [4.78, 5) is 7.71. The highest BCUT2D eigenvalue weighted by molar-refractivity contribution is 7.90. The molecule has 2 aromatic heterocycles. The Morgan fingerprint density at radius 1 is 1.09 bits per heavy atom. The number of nitrogens with one attached hydrogen (secondary N) is 1. The zero-order valence-electron chi connectivity index (χ0n) is 19.0. The number of fused-ring (bicyclic) bond motifs is 1. The van der Waals surface area contributed by atoms with Gasteiger partial charge in [0, 0.05) is 52.9 Å². The minimum absolute atomic E-state index is 0.140. The zero-order valence-corrected chi connectivity index (χ0v) is 20.6. The number of aromatic nitrogens is 2. The molecule has 9 heteroatoms. The Kier molecular flexibility index (Phi) is 7.11.